The van der Waals surface area contributed by atoms with Crippen molar-refractivity contribution in [2.45, 2.75) is 68.0 Å². The fraction of sp³-hybridized carbons (Fsp3) is 0.277. The van der Waals surface area contributed by atoms with E-state index in [-0.39, 0.29) is 0 Å². The summed E-state index contributed by atoms with van der Waals surface area (Å²) in [6, 6.07) is 23.2. The first-order chi connectivity index (χ1) is 25.2. The number of fused-ring (bicyclic) bond motifs is 10. The molecule has 5 unspecified atom stereocenters. The monoisotopic (exact) mass is 712 g/mol. The molecule has 1 radical (unpaired) electrons. The number of thiophene rings is 1. The van der Waals surface area contributed by atoms with Gasteiger partial charge in [0.1, 0.15) is 8.80 Å². The maximum Gasteiger partial charge on any atom is 0.114 e. The molecule has 4 heteroatoms. The molecule has 1 fully saturated rings. The summed E-state index contributed by atoms with van der Waals surface area (Å²) in [5.41, 5.74) is 9.10. The van der Waals surface area contributed by atoms with E-state index < -0.39 is 8.80 Å². The van der Waals surface area contributed by atoms with Crippen LogP contribution in [0.5, 0.6) is 0 Å². The van der Waals surface area contributed by atoms with Crippen LogP contribution >= 0.6 is 23.1 Å². The summed E-state index contributed by atoms with van der Waals surface area (Å²) in [4.78, 5) is 2.78. The number of allylic oxidation sites excluding steroid dienone is 10. The first-order valence-electron chi connectivity index (χ1n) is 19.1. The van der Waals surface area contributed by atoms with Gasteiger partial charge in [-0.1, -0.05) is 115 Å². The fourth-order valence-corrected chi connectivity index (χ4v) is 15.8. The molecule has 7 aliphatic rings. The SMILES string of the molecule is C[Si]1C2=C(C=CC(N(C3=CC4C(C=C3)SC3CCC=CC34)C3=CC=C(C4=c5ccccc5=CCC4)CC3)C2)c2c1ccc1c2sc2ccccc21. The lowest BCUT2D eigenvalue weighted by Gasteiger charge is -2.40. The first kappa shape index (κ1) is 30.8. The molecule has 5 atom stereocenters. The summed E-state index contributed by atoms with van der Waals surface area (Å²) in [6.45, 7) is 2.56. The molecule has 0 bridgehead atoms. The lowest BCUT2D eigenvalue weighted by atomic mass is 9.80. The average molecular weight is 713 g/mol. The fourth-order valence-electron chi connectivity index (χ4n) is 10.3. The third kappa shape index (κ3) is 4.86. The largest absolute Gasteiger partial charge is 0.338 e. The Morgan fingerprint density at radius 2 is 1.75 bits per heavy atom. The van der Waals surface area contributed by atoms with Crippen LogP contribution in [-0.2, 0) is 0 Å². The van der Waals surface area contributed by atoms with Gasteiger partial charge in [-0.25, -0.2) is 0 Å². The molecule has 3 heterocycles. The second kappa shape index (κ2) is 12.1. The minimum absolute atomic E-state index is 0.328. The van der Waals surface area contributed by atoms with Crippen molar-refractivity contribution in [2.24, 2.45) is 11.8 Å². The van der Waals surface area contributed by atoms with Crippen LogP contribution in [0.15, 0.2) is 138 Å². The van der Waals surface area contributed by atoms with Crippen molar-refractivity contribution in [2.75, 3.05) is 0 Å². The van der Waals surface area contributed by atoms with E-state index >= 15 is 0 Å². The van der Waals surface area contributed by atoms with Gasteiger partial charge in [-0.2, -0.15) is 0 Å². The number of hydrogen-bond acceptors (Lipinski definition) is 3. The molecule has 5 aliphatic carbocycles. The van der Waals surface area contributed by atoms with E-state index in [9.17, 15) is 0 Å². The molecular formula is C47H42NS2Si. The van der Waals surface area contributed by atoms with E-state index in [1.165, 1.54) is 66.0 Å². The maximum atomic E-state index is 2.78. The lowest BCUT2D eigenvalue weighted by molar-refractivity contribution is 0.346. The van der Waals surface area contributed by atoms with Crippen LogP contribution in [0.25, 0.3) is 37.4 Å². The lowest BCUT2D eigenvalue weighted by Crippen LogP contribution is -2.37. The van der Waals surface area contributed by atoms with E-state index in [1.807, 2.05) is 11.3 Å². The highest BCUT2D eigenvalue weighted by molar-refractivity contribution is 8.01. The Labute approximate surface area is 311 Å². The van der Waals surface area contributed by atoms with Crippen LogP contribution in [0.1, 0.15) is 50.5 Å². The molecule has 1 nitrogen and oxygen atoms in total. The van der Waals surface area contributed by atoms with Crippen molar-refractivity contribution in [3.05, 3.63) is 154 Å². The van der Waals surface area contributed by atoms with Gasteiger partial charge < -0.3 is 4.90 Å². The van der Waals surface area contributed by atoms with Gasteiger partial charge in [0.25, 0.3) is 0 Å². The molecule has 0 saturated carbocycles. The van der Waals surface area contributed by atoms with Crippen molar-refractivity contribution >= 4 is 74.5 Å². The Morgan fingerprint density at radius 1 is 0.824 bits per heavy atom. The smallest absolute Gasteiger partial charge is 0.114 e. The Morgan fingerprint density at radius 3 is 2.69 bits per heavy atom. The minimum Gasteiger partial charge on any atom is -0.338 e. The number of thioether (sulfide) groups is 1. The maximum absolute atomic E-state index is 2.78. The van der Waals surface area contributed by atoms with Gasteiger partial charge in [-0.15, -0.1) is 23.1 Å². The number of benzene rings is 3. The third-order valence-electron chi connectivity index (χ3n) is 12.8. The van der Waals surface area contributed by atoms with Gasteiger partial charge in [-0.05, 0) is 107 Å². The summed E-state index contributed by atoms with van der Waals surface area (Å²) >= 11 is 4.23. The van der Waals surface area contributed by atoms with E-state index in [1.54, 1.807) is 21.5 Å². The summed E-state index contributed by atoms with van der Waals surface area (Å²) in [7, 11) is -0.825. The number of nitrogens with zero attached hydrogens (tertiary/aromatic N) is 1. The molecule has 0 N–H and O–H groups in total. The van der Waals surface area contributed by atoms with Crippen molar-refractivity contribution < 1.29 is 0 Å². The van der Waals surface area contributed by atoms with E-state index in [0.717, 1.165) is 37.4 Å². The quantitative estimate of drug-likeness (QED) is 0.153. The molecule has 0 amide bonds. The molecule has 51 heavy (non-hydrogen) atoms. The minimum atomic E-state index is -0.825. The summed E-state index contributed by atoms with van der Waals surface area (Å²) in [5, 5.41) is 10.4. The molecule has 11 rings (SSSR count). The highest BCUT2D eigenvalue weighted by Crippen LogP contribution is 2.52. The highest BCUT2D eigenvalue weighted by atomic mass is 32.2. The van der Waals surface area contributed by atoms with Crippen LogP contribution in [0.3, 0.4) is 0 Å². The van der Waals surface area contributed by atoms with Crippen LogP contribution in [0.2, 0.25) is 6.55 Å². The average Bonchev–Trinajstić information content (AvgIpc) is 3.84. The van der Waals surface area contributed by atoms with Crippen LogP contribution in [-0.4, -0.2) is 30.2 Å². The normalized spacial score (nSPS) is 27.7. The predicted octanol–water partition coefficient (Wildman–Crippen LogP) is 9.87. The van der Waals surface area contributed by atoms with E-state index in [4.69, 9.17) is 0 Å². The van der Waals surface area contributed by atoms with E-state index in [2.05, 4.69) is 145 Å². The Kier molecular flexibility index (Phi) is 7.31. The molecule has 1 saturated heterocycles. The summed E-state index contributed by atoms with van der Waals surface area (Å²) < 4.78 is 2.90. The molecule has 3 aromatic carbocycles. The molecule has 1 aromatic heterocycles. The Hall–Kier alpha value is -3.83. The molecular weight excluding hydrogens is 671 g/mol. The zero-order chi connectivity index (χ0) is 33.6. The van der Waals surface area contributed by atoms with Gasteiger partial charge >= 0.3 is 0 Å². The van der Waals surface area contributed by atoms with E-state index in [0.29, 0.717) is 23.1 Å². The first-order valence-corrected chi connectivity index (χ1v) is 22.9. The van der Waals surface area contributed by atoms with Gasteiger partial charge in [0.05, 0.1) is 6.04 Å². The molecule has 4 aromatic rings. The number of rotatable bonds is 4. The van der Waals surface area contributed by atoms with Crippen LogP contribution in [0.4, 0.5) is 0 Å². The predicted molar refractivity (Wildman–Crippen MR) is 223 cm³/mol. The Bertz CT molecular complexity index is 2500. The van der Waals surface area contributed by atoms with Crippen LogP contribution in [0, 0.1) is 11.8 Å². The second-order valence-corrected chi connectivity index (χ2v) is 20.3. The molecule has 0 spiro atoms. The summed E-state index contributed by atoms with van der Waals surface area (Å²) in [6.07, 6.45) is 33.5. The standard InChI is InChI=1S/C47H42NS2Si/c1-51-44-26-24-38-36-12-4-7-16-42(36)50-47(38)46(44)39-23-21-33(28-45(39)51)48(32-22-25-43-40(27-32)37-13-5-6-15-41(37)49-43)31-19-17-30(18-20-31)35-14-8-10-29-9-2-3-11-34(29)35/h2-5,7,9-13,16-17,19,21-27,33,37,40-41,43H,6,8,14-15,18,20,28H2,1H3. The van der Waals surface area contributed by atoms with Gasteiger partial charge in [-0.3, -0.25) is 0 Å². The topological polar surface area (TPSA) is 3.24 Å². The highest BCUT2D eigenvalue weighted by Gasteiger charge is 2.43. The summed E-state index contributed by atoms with van der Waals surface area (Å²) in [5.74, 6) is 1.25. The molecule has 2 aliphatic heterocycles. The van der Waals surface area contributed by atoms with Crippen molar-refractivity contribution in [1.82, 2.24) is 4.90 Å². The van der Waals surface area contributed by atoms with Crippen molar-refractivity contribution in [3.8, 4) is 0 Å². The zero-order valence-electron chi connectivity index (χ0n) is 29.1. The third-order valence-corrected chi connectivity index (χ3v) is 18.2. The van der Waals surface area contributed by atoms with Crippen LogP contribution < -0.4 is 15.6 Å². The van der Waals surface area contributed by atoms with Crippen molar-refractivity contribution in [1.29, 1.82) is 0 Å². The van der Waals surface area contributed by atoms with Gasteiger partial charge in [0.2, 0.25) is 0 Å². The van der Waals surface area contributed by atoms with Gasteiger partial charge in [0, 0.05) is 48.0 Å². The number of hydrogen-bond donors (Lipinski definition) is 0. The van der Waals surface area contributed by atoms with Crippen molar-refractivity contribution in [3.63, 3.8) is 0 Å². The Balaban J connectivity index is 0.995. The molecule has 251 valence electrons. The second-order valence-electron chi connectivity index (χ2n) is 15.4. The zero-order valence-corrected chi connectivity index (χ0v) is 31.8. The van der Waals surface area contributed by atoms with Gasteiger partial charge in [0.15, 0.2) is 0 Å².